The standard InChI is InChI=1S/C16H19NO3/c1-2-20-15(18)11-8-12-6-9-14(10-7-12)17-16(19)13-4-3-5-13/h6-11,13H,2-5H2,1H3,(H,17,19)/b11-8+. The molecular weight excluding hydrogens is 254 g/mol. The van der Waals surface area contributed by atoms with Crippen molar-refractivity contribution in [2.45, 2.75) is 26.2 Å². The zero-order valence-corrected chi connectivity index (χ0v) is 11.6. The molecule has 1 saturated carbocycles. The van der Waals surface area contributed by atoms with Gasteiger partial charge in [0.25, 0.3) is 0 Å². The summed E-state index contributed by atoms with van der Waals surface area (Å²) in [5.41, 5.74) is 1.68. The lowest BCUT2D eigenvalue weighted by Gasteiger charge is -2.24. The van der Waals surface area contributed by atoms with Crippen LogP contribution >= 0.6 is 0 Å². The van der Waals surface area contributed by atoms with Crippen LogP contribution in [0.15, 0.2) is 30.3 Å². The lowest BCUT2D eigenvalue weighted by atomic mass is 9.85. The van der Waals surface area contributed by atoms with Gasteiger partial charge in [-0.1, -0.05) is 18.6 Å². The van der Waals surface area contributed by atoms with Crippen LogP contribution in [0.4, 0.5) is 5.69 Å². The number of hydrogen-bond donors (Lipinski definition) is 1. The largest absolute Gasteiger partial charge is 0.463 e. The Hall–Kier alpha value is -2.10. The number of esters is 1. The van der Waals surface area contributed by atoms with Gasteiger partial charge >= 0.3 is 5.97 Å². The maximum absolute atomic E-state index is 11.8. The Kier molecular flexibility index (Phi) is 4.93. The monoisotopic (exact) mass is 273 g/mol. The van der Waals surface area contributed by atoms with E-state index in [0.29, 0.717) is 6.61 Å². The second-order valence-electron chi connectivity index (χ2n) is 4.82. The third-order valence-electron chi connectivity index (χ3n) is 3.35. The fraction of sp³-hybridized carbons (Fsp3) is 0.375. The van der Waals surface area contributed by atoms with Gasteiger partial charge in [0.2, 0.25) is 5.91 Å². The highest BCUT2D eigenvalue weighted by Crippen LogP contribution is 2.27. The molecule has 20 heavy (non-hydrogen) atoms. The van der Waals surface area contributed by atoms with Crippen LogP contribution in [0.25, 0.3) is 6.08 Å². The minimum atomic E-state index is -0.352. The zero-order valence-electron chi connectivity index (χ0n) is 11.6. The predicted molar refractivity (Wildman–Crippen MR) is 78.1 cm³/mol. The quantitative estimate of drug-likeness (QED) is 0.662. The molecule has 4 nitrogen and oxygen atoms in total. The molecule has 0 unspecified atom stereocenters. The van der Waals surface area contributed by atoms with Gasteiger partial charge in [0.05, 0.1) is 6.61 Å². The summed E-state index contributed by atoms with van der Waals surface area (Å²) in [5.74, 6) is -0.0701. The first-order valence-corrected chi connectivity index (χ1v) is 6.95. The molecule has 0 aliphatic heterocycles. The molecule has 0 bridgehead atoms. The molecule has 1 amide bonds. The van der Waals surface area contributed by atoms with Gasteiger partial charge in [-0.3, -0.25) is 4.79 Å². The van der Waals surface area contributed by atoms with Crippen molar-refractivity contribution < 1.29 is 14.3 Å². The van der Waals surface area contributed by atoms with Crippen molar-refractivity contribution in [3.63, 3.8) is 0 Å². The zero-order chi connectivity index (χ0) is 14.4. The molecule has 1 fully saturated rings. The van der Waals surface area contributed by atoms with Gasteiger partial charge in [-0.25, -0.2) is 4.79 Å². The number of benzene rings is 1. The van der Waals surface area contributed by atoms with Gasteiger partial charge in [-0.2, -0.15) is 0 Å². The van der Waals surface area contributed by atoms with E-state index in [0.717, 1.165) is 30.5 Å². The third-order valence-corrected chi connectivity index (χ3v) is 3.35. The Bertz CT molecular complexity index is 501. The summed E-state index contributed by atoms with van der Waals surface area (Å²) in [6.45, 7) is 2.14. The van der Waals surface area contributed by atoms with Crippen molar-refractivity contribution in [3.05, 3.63) is 35.9 Å². The molecule has 4 heteroatoms. The Morgan fingerprint density at radius 1 is 1.30 bits per heavy atom. The van der Waals surface area contributed by atoms with E-state index in [9.17, 15) is 9.59 Å². The van der Waals surface area contributed by atoms with Crippen molar-refractivity contribution in [1.82, 2.24) is 0 Å². The molecule has 1 N–H and O–H groups in total. The summed E-state index contributed by atoms with van der Waals surface area (Å²) >= 11 is 0. The summed E-state index contributed by atoms with van der Waals surface area (Å²) in [6.07, 6.45) is 6.22. The van der Waals surface area contributed by atoms with Crippen LogP contribution in [0.3, 0.4) is 0 Å². The molecular formula is C16H19NO3. The number of rotatable bonds is 5. The second kappa shape index (κ2) is 6.89. The highest BCUT2D eigenvalue weighted by atomic mass is 16.5. The van der Waals surface area contributed by atoms with Crippen LogP contribution in [0.5, 0.6) is 0 Å². The number of hydrogen-bond acceptors (Lipinski definition) is 3. The smallest absolute Gasteiger partial charge is 0.330 e. The Morgan fingerprint density at radius 2 is 2.00 bits per heavy atom. The van der Waals surface area contributed by atoms with Crippen LogP contribution in [-0.2, 0) is 14.3 Å². The predicted octanol–water partition coefficient (Wildman–Crippen LogP) is 3.00. The van der Waals surface area contributed by atoms with E-state index in [1.165, 1.54) is 6.08 Å². The number of carbonyl (C=O) groups is 2. The first-order valence-electron chi connectivity index (χ1n) is 6.95. The molecule has 0 radical (unpaired) electrons. The van der Waals surface area contributed by atoms with Crippen LogP contribution < -0.4 is 5.32 Å². The summed E-state index contributed by atoms with van der Waals surface area (Å²) < 4.78 is 4.80. The highest BCUT2D eigenvalue weighted by Gasteiger charge is 2.24. The highest BCUT2D eigenvalue weighted by molar-refractivity contribution is 5.93. The van der Waals surface area contributed by atoms with Crippen molar-refractivity contribution in [3.8, 4) is 0 Å². The number of carbonyl (C=O) groups excluding carboxylic acids is 2. The molecule has 106 valence electrons. The summed E-state index contributed by atoms with van der Waals surface area (Å²) in [4.78, 5) is 23.0. The SMILES string of the molecule is CCOC(=O)/C=C/c1ccc(NC(=O)C2CCC2)cc1. The average molecular weight is 273 g/mol. The molecule has 1 aliphatic carbocycles. The molecule has 0 atom stereocenters. The topological polar surface area (TPSA) is 55.4 Å². The molecule has 0 spiro atoms. The lowest BCUT2D eigenvalue weighted by molar-refractivity contribution is -0.137. The van der Waals surface area contributed by atoms with Crippen molar-refractivity contribution in [2.75, 3.05) is 11.9 Å². The normalized spacial score (nSPS) is 14.8. The molecule has 1 aliphatic rings. The van der Waals surface area contributed by atoms with Gasteiger partial charge in [0.15, 0.2) is 0 Å². The molecule has 0 heterocycles. The van der Waals surface area contributed by atoms with Gasteiger partial charge in [0.1, 0.15) is 0 Å². The van der Waals surface area contributed by atoms with Crippen molar-refractivity contribution >= 4 is 23.6 Å². The van der Waals surface area contributed by atoms with Gasteiger partial charge < -0.3 is 10.1 Å². The summed E-state index contributed by atoms with van der Waals surface area (Å²) in [5, 5.41) is 2.90. The Morgan fingerprint density at radius 3 is 2.55 bits per heavy atom. The van der Waals surface area contributed by atoms with Gasteiger partial charge in [0, 0.05) is 17.7 Å². The maximum Gasteiger partial charge on any atom is 0.330 e. The fourth-order valence-corrected chi connectivity index (χ4v) is 1.95. The molecule has 0 saturated heterocycles. The van der Waals surface area contributed by atoms with E-state index in [-0.39, 0.29) is 17.8 Å². The fourth-order valence-electron chi connectivity index (χ4n) is 1.95. The molecule has 1 aromatic carbocycles. The van der Waals surface area contributed by atoms with Crippen LogP contribution in [0.2, 0.25) is 0 Å². The lowest BCUT2D eigenvalue weighted by Crippen LogP contribution is -2.27. The van der Waals surface area contributed by atoms with Crippen molar-refractivity contribution in [2.24, 2.45) is 5.92 Å². The second-order valence-corrected chi connectivity index (χ2v) is 4.82. The van der Waals surface area contributed by atoms with Gasteiger partial charge in [-0.15, -0.1) is 0 Å². The van der Waals surface area contributed by atoms with Crippen LogP contribution in [0.1, 0.15) is 31.7 Å². The summed E-state index contributed by atoms with van der Waals surface area (Å²) in [7, 11) is 0. The summed E-state index contributed by atoms with van der Waals surface area (Å²) in [6, 6.07) is 7.38. The number of nitrogens with one attached hydrogen (secondary N) is 1. The minimum Gasteiger partial charge on any atom is -0.463 e. The van der Waals surface area contributed by atoms with E-state index < -0.39 is 0 Å². The van der Waals surface area contributed by atoms with E-state index in [1.54, 1.807) is 13.0 Å². The Balaban J connectivity index is 1.89. The van der Waals surface area contributed by atoms with E-state index >= 15 is 0 Å². The van der Waals surface area contributed by atoms with Crippen LogP contribution in [0, 0.1) is 5.92 Å². The minimum absolute atomic E-state index is 0.103. The van der Waals surface area contributed by atoms with E-state index in [2.05, 4.69) is 5.32 Å². The van der Waals surface area contributed by atoms with E-state index in [4.69, 9.17) is 4.74 Å². The van der Waals surface area contributed by atoms with Crippen LogP contribution in [-0.4, -0.2) is 18.5 Å². The number of amides is 1. The first-order chi connectivity index (χ1) is 9.69. The number of ether oxygens (including phenoxy) is 1. The molecule has 2 rings (SSSR count). The van der Waals surface area contributed by atoms with Gasteiger partial charge in [-0.05, 0) is 43.5 Å². The maximum atomic E-state index is 11.8. The Labute approximate surface area is 118 Å². The molecule has 1 aromatic rings. The molecule has 0 aromatic heterocycles. The van der Waals surface area contributed by atoms with Crippen molar-refractivity contribution in [1.29, 1.82) is 0 Å². The van der Waals surface area contributed by atoms with E-state index in [1.807, 2.05) is 24.3 Å². The third kappa shape index (κ3) is 3.95. The average Bonchev–Trinajstić information content (AvgIpc) is 2.36. The number of anilines is 1. The first kappa shape index (κ1) is 14.3.